The lowest BCUT2D eigenvalue weighted by Gasteiger charge is -2.34. The highest BCUT2D eigenvalue weighted by Crippen LogP contribution is 2.42. The van der Waals surface area contributed by atoms with Gasteiger partial charge in [0.15, 0.2) is 0 Å². The Morgan fingerprint density at radius 2 is 1.27 bits per heavy atom. The van der Waals surface area contributed by atoms with Crippen LogP contribution < -0.4 is 10.6 Å². The second-order valence-electron chi connectivity index (χ2n) is 16.8. The van der Waals surface area contributed by atoms with Crippen LogP contribution in [0.25, 0.3) is 32.9 Å². The minimum atomic E-state index is -3.90. The van der Waals surface area contributed by atoms with Crippen LogP contribution in [0.15, 0.2) is 84.9 Å². The van der Waals surface area contributed by atoms with Crippen LogP contribution in [0.4, 0.5) is 0 Å². The van der Waals surface area contributed by atoms with E-state index >= 15 is 0 Å². The zero-order valence-corrected chi connectivity index (χ0v) is 40.7. The summed E-state index contributed by atoms with van der Waals surface area (Å²) in [6, 6.07) is 27.2. The van der Waals surface area contributed by atoms with E-state index in [2.05, 4.69) is 27.7 Å². The minimum absolute atomic E-state index is 0. The van der Waals surface area contributed by atoms with E-state index in [9.17, 15) is 28.5 Å². The fourth-order valence-electron chi connectivity index (χ4n) is 7.96. The first kappa shape index (κ1) is 53.8. The Morgan fingerprint density at radius 1 is 0.687 bits per heavy atom. The number of hydrogen-bond donors (Lipinski definition) is 4. The minimum Gasteiger partial charge on any atom is -0.355 e. The van der Waals surface area contributed by atoms with Crippen molar-refractivity contribution in [3.63, 3.8) is 0 Å². The standard InChI is InChI=1S/C47H63ClN8O8P2.CH4/c1-36-16-19-43-38(30-36)17-18-39(51-43)32-53-22-26-55(34-65(59,60)63-2)28-24-54(25-29-56(27-23-53)35-66(61,62)64-3)33-45(57)49-20-10-4-5-11-21-50-47(58)44-31-37-12-6-7-13-40(37)46(52-44)41-14-8-9-15-42(41)48;/h6-9,12-19,30-31H,4-5,10-11,20-29,32-35H2,1-3H3,(H,49,57)(H,50,58)(H,59,60)(H,61,62);1H4. The number of unbranched alkanes of at least 4 members (excludes halogenated alkanes) is 3. The second kappa shape index (κ2) is 26.0. The summed E-state index contributed by atoms with van der Waals surface area (Å²) in [6.07, 6.45) is 2.87. The molecule has 1 fully saturated rings. The maximum atomic E-state index is 13.3. The van der Waals surface area contributed by atoms with Crippen molar-refractivity contribution in [3.05, 3.63) is 107 Å². The van der Waals surface area contributed by atoms with E-state index in [1.165, 1.54) is 14.2 Å². The molecule has 0 spiro atoms. The Bertz CT molecular complexity index is 2480. The fraction of sp³-hybridized carbons (Fsp3) is 0.458. The maximum Gasteiger partial charge on any atom is 0.341 e. The molecule has 4 N–H and O–H groups in total. The molecule has 2 atom stereocenters. The number of hydrogen-bond acceptors (Lipinski definition) is 12. The monoisotopic (exact) mass is 980 g/mol. The van der Waals surface area contributed by atoms with Crippen molar-refractivity contribution in [3.8, 4) is 11.3 Å². The predicted octanol–water partition coefficient (Wildman–Crippen LogP) is 7.45. The van der Waals surface area contributed by atoms with Crippen molar-refractivity contribution in [2.45, 2.75) is 46.6 Å². The number of rotatable bonds is 19. The van der Waals surface area contributed by atoms with E-state index in [0.717, 1.165) is 64.2 Å². The largest absolute Gasteiger partial charge is 0.355 e. The highest BCUT2D eigenvalue weighted by atomic mass is 35.5. The number of amides is 2. The number of pyridine rings is 2. The van der Waals surface area contributed by atoms with Gasteiger partial charge in [0.25, 0.3) is 5.91 Å². The Labute approximate surface area is 400 Å². The molecule has 2 unspecified atom stereocenters. The quantitative estimate of drug-likeness (QED) is 0.0471. The summed E-state index contributed by atoms with van der Waals surface area (Å²) in [4.78, 5) is 65.1. The second-order valence-corrected chi connectivity index (χ2v) is 21.0. The number of nitrogens with one attached hydrogen (secondary N) is 2. The van der Waals surface area contributed by atoms with Gasteiger partial charge in [-0.25, -0.2) is 4.98 Å². The molecule has 364 valence electrons. The van der Waals surface area contributed by atoms with Crippen LogP contribution in [-0.2, 0) is 29.5 Å². The van der Waals surface area contributed by atoms with Crippen LogP contribution in [0.2, 0.25) is 5.02 Å². The zero-order valence-electron chi connectivity index (χ0n) is 38.1. The van der Waals surface area contributed by atoms with Gasteiger partial charge < -0.3 is 29.5 Å². The predicted molar refractivity (Wildman–Crippen MR) is 267 cm³/mol. The molecule has 0 radical (unpaired) electrons. The molecule has 1 aliphatic heterocycles. The Morgan fingerprint density at radius 3 is 1.91 bits per heavy atom. The van der Waals surface area contributed by atoms with E-state index in [1.807, 2.05) is 88.4 Å². The number of fused-ring (bicyclic) bond motifs is 2. The maximum absolute atomic E-state index is 13.3. The molecule has 67 heavy (non-hydrogen) atoms. The Balaban J connectivity index is 0.00000840. The Hall–Kier alpha value is -4.15. The van der Waals surface area contributed by atoms with Crippen molar-refractivity contribution in [1.82, 2.24) is 40.2 Å². The SMILES string of the molecule is C.COP(=O)(O)CN1CCN(CC(=O)NCCCCCCNC(=O)c2cc3ccccc3c(-c3ccccc3Cl)n2)CCN(CP(=O)(O)OC)CCN(Cc2ccc3cc(C)ccc3n2)CC1. The number of aromatic nitrogens is 2. The number of carbonyl (C=O) groups is 2. The molecular weight excluding hydrogens is 914 g/mol. The van der Waals surface area contributed by atoms with Gasteiger partial charge in [-0.2, -0.15) is 0 Å². The van der Waals surface area contributed by atoms with Gasteiger partial charge in [-0.15, -0.1) is 0 Å². The van der Waals surface area contributed by atoms with Gasteiger partial charge in [0.2, 0.25) is 5.91 Å². The lowest BCUT2D eigenvalue weighted by atomic mass is 10.0. The number of nitrogens with zero attached hydrogens (tertiary/aromatic N) is 6. The molecule has 3 aromatic carbocycles. The molecule has 1 aliphatic rings. The zero-order chi connectivity index (χ0) is 47.1. The number of carbonyl (C=O) groups excluding carboxylic acids is 2. The molecule has 16 nitrogen and oxygen atoms in total. The molecule has 0 bridgehead atoms. The average molecular weight is 982 g/mol. The first-order chi connectivity index (χ1) is 31.7. The third-order valence-corrected chi connectivity index (χ3v) is 14.7. The molecule has 2 aromatic heterocycles. The summed E-state index contributed by atoms with van der Waals surface area (Å²) in [6.45, 7) is 7.08. The van der Waals surface area contributed by atoms with Gasteiger partial charge in [-0.1, -0.05) is 92.0 Å². The average Bonchev–Trinajstić information content (AvgIpc) is 3.30. The molecule has 0 saturated carbocycles. The van der Waals surface area contributed by atoms with Crippen LogP contribution in [-0.4, -0.2) is 150 Å². The first-order valence-corrected chi connectivity index (χ1v) is 26.3. The molecule has 0 aliphatic carbocycles. The summed E-state index contributed by atoms with van der Waals surface area (Å²) in [5, 5.41) is 9.45. The summed E-state index contributed by atoms with van der Waals surface area (Å²) >= 11 is 6.52. The third kappa shape index (κ3) is 16.8. The number of aryl methyl sites for hydroxylation is 1. The van der Waals surface area contributed by atoms with Gasteiger partial charge in [0, 0.05) is 108 Å². The summed E-state index contributed by atoms with van der Waals surface area (Å²) in [7, 11) is -5.36. The summed E-state index contributed by atoms with van der Waals surface area (Å²) in [5.41, 5.74) is 4.65. The van der Waals surface area contributed by atoms with E-state index < -0.39 is 15.2 Å². The number of halogens is 1. The lowest BCUT2D eigenvalue weighted by molar-refractivity contribution is -0.122. The summed E-state index contributed by atoms with van der Waals surface area (Å²) < 4.78 is 35.6. The molecule has 2 amide bonds. The lowest BCUT2D eigenvalue weighted by Crippen LogP contribution is -2.48. The van der Waals surface area contributed by atoms with Crippen LogP contribution in [0.3, 0.4) is 0 Å². The van der Waals surface area contributed by atoms with Crippen molar-refractivity contribution in [2.75, 3.05) is 98.8 Å². The van der Waals surface area contributed by atoms with Crippen molar-refractivity contribution >= 4 is 60.3 Å². The van der Waals surface area contributed by atoms with Gasteiger partial charge in [-0.05, 0) is 55.5 Å². The topological polar surface area (TPSA) is 190 Å². The molecule has 19 heteroatoms. The van der Waals surface area contributed by atoms with Gasteiger partial charge in [0.1, 0.15) is 18.3 Å². The molecule has 6 rings (SSSR count). The third-order valence-electron chi connectivity index (χ3n) is 11.7. The highest BCUT2D eigenvalue weighted by molar-refractivity contribution is 7.52. The van der Waals surface area contributed by atoms with Crippen molar-refractivity contribution in [1.29, 1.82) is 0 Å². The van der Waals surface area contributed by atoms with Gasteiger partial charge in [0.05, 0.1) is 23.4 Å². The Kier molecular flexibility index (Phi) is 20.9. The van der Waals surface area contributed by atoms with E-state index in [-0.39, 0.29) is 38.4 Å². The van der Waals surface area contributed by atoms with Crippen LogP contribution in [0.1, 0.15) is 54.9 Å². The fourth-order valence-corrected chi connectivity index (χ4v) is 9.99. The first-order valence-electron chi connectivity index (χ1n) is 22.4. The van der Waals surface area contributed by atoms with Crippen molar-refractivity contribution in [2.24, 2.45) is 0 Å². The van der Waals surface area contributed by atoms with Crippen LogP contribution in [0, 0.1) is 6.92 Å². The van der Waals surface area contributed by atoms with Crippen molar-refractivity contribution < 1.29 is 37.6 Å². The molecule has 5 aromatic rings. The van der Waals surface area contributed by atoms with Crippen LogP contribution in [0.5, 0.6) is 0 Å². The molecule has 1 saturated heterocycles. The normalized spacial score (nSPS) is 16.9. The van der Waals surface area contributed by atoms with Gasteiger partial charge in [-0.3, -0.25) is 43.3 Å². The molecular formula is C48H67ClN8O8P2. The number of benzene rings is 3. The van der Waals surface area contributed by atoms with E-state index in [4.69, 9.17) is 30.6 Å². The van der Waals surface area contributed by atoms with E-state index in [0.29, 0.717) is 88.4 Å². The highest BCUT2D eigenvalue weighted by Gasteiger charge is 2.27. The summed E-state index contributed by atoms with van der Waals surface area (Å²) in [5.74, 6) is -0.417. The molecule has 3 heterocycles. The van der Waals surface area contributed by atoms with E-state index in [1.54, 1.807) is 6.07 Å². The smallest absolute Gasteiger partial charge is 0.341 e. The van der Waals surface area contributed by atoms with Gasteiger partial charge >= 0.3 is 15.2 Å². The van der Waals surface area contributed by atoms with Crippen LogP contribution >= 0.6 is 26.8 Å².